The van der Waals surface area contributed by atoms with Gasteiger partial charge in [0.25, 0.3) is 5.91 Å². The summed E-state index contributed by atoms with van der Waals surface area (Å²) in [6, 6.07) is 5.87. The molecule has 2 heterocycles. The van der Waals surface area contributed by atoms with E-state index in [1.54, 1.807) is 0 Å². The van der Waals surface area contributed by atoms with E-state index in [4.69, 9.17) is 4.74 Å². The van der Waals surface area contributed by atoms with E-state index in [0.29, 0.717) is 19.0 Å². The van der Waals surface area contributed by atoms with Crippen molar-refractivity contribution < 1.29 is 14.3 Å². The summed E-state index contributed by atoms with van der Waals surface area (Å²) in [4.78, 5) is 28.9. The Balaban J connectivity index is 1.44. The van der Waals surface area contributed by atoms with Crippen LogP contribution in [0.5, 0.6) is 5.75 Å². The van der Waals surface area contributed by atoms with Gasteiger partial charge < -0.3 is 14.5 Å². The van der Waals surface area contributed by atoms with E-state index in [-0.39, 0.29) is 18.4 Å². The van der Waals surface area contributed by atoms with Crippen LogP contribution in [0.2, 0.25) is 0 Å². The number of ether oxygens (including phenoxy) is 1. The van der Waals surface area contributed by atoms with Gasteiger partial charge in [-0.15, -0.1) is 0 Å². The molecule has 0 unspecified atom stereocenters. The van der Waals surface area contributed by atoms with Crippen LogP contribution >= 0.6 is 0 Å². The lowest BCUT2D eigenvalue weighted by atomic mass is 9.94. The highest BCUT2D eigenvalue weighted by atomic mass is 16.5. The summed E-state index contributed by atoms with van der Waals surface area (Å²) in [6.45, 7) is 7.27. The van der Waals surface area contributed by atoms with Crippen molar-refractivity contribution in [2.75, 3.05) is 32.8 Å². The van der Waals surface area contributed by atoms with Crippen LogP contribution in [0.4, 0.5) is 0 Å². The van der Waals surface area contributed by atoms with Crippen molar-refractivity contribution in [1.82, 2.24) is 9.80 Å². The van der Waals surface area contributed by atoms with E-state index in [1.807, 2.05) is 34.9 Å². The number of piperidine rings is 2. The first kappa shape index (κ1) is 18.7. The highest BCUT2D eigenvalue weighted by Crippen LogP contribution is 2.22. The number of amides is 2. The number of carbonyl (C=O) groups excluding carboxylic acids is 2. The van der Waals surface area contributed by atoms with Gasteiger partial charge in [-0.25, -0.2) is 0 Å². The summed E-state index contributed by atoms with van der Waals surface area (Å²) < 4.78 is 5.66. The zero-order valence-electron chi connectivity index (χ0n) is 16.0. The standard InChI is InChI=1S/C21H30N2O3/c1-16-6-7-19(14-17(16)2)26-15-20(24)22-12-8-18(9-13-22)21(25)23-10-4-3-5-11-23/h6-7,14,18H,3-5,8-13,15H2,1-2H3. The van der Waals surface area contributed by atoms with Gasteiger partial charge >= 0.3 is 0 Å². The van der Waals surface area contributed by atoms with Crippen molar-refractivity contribution in [3.63, 3.8) is 0 Å². The van der Waals surface area contributed by atoms with Gasteiger partial charge in [0.05, 0.1) is 0 Å². The van der Waals surface area contributed by atoms with Crippen molar-refractivity contribution in [1.29, 1.82) is 0 Å². The molecule has 0 N–H and O–H groups in total. The normalized spacial score (nSPS) is 18.7. The molecule has 3 rings (SSSR count). The van der Waals surface area contributed by atoms with Gasteiger partial charge in [0.1, 0.15) is 5.75 Å². The second kappa shape index (κ2) is 8.56. The third-order valence-corrected chi connectivity index (χ3v) is 5.71. The molecule has 1 aromatic rings. The van der Waals surface area contributed by atoms with Crippen LogP contribution < -0.4 is 4.74 Å². The Hall–Kier alpha value is -2.04. The first-order valence-electron chi connectivity index (χ1n) is 9.81. The largest absolute Gasteiger partial charge is 0.484 e. The lowest BCUT2D eigenvalue weighted by molar-refractivity contribution is -0.142. The molecule has 2 fully saturated rings. The zero-order chi connectivity index (χ0) is 18.5. The molecule has 0 spiro atoms. The van der Waals surface area contributed by atoms with Gasteiger partial charge in [0.15, 0.2) is 6.61 Å². The third kappa shape index (κ3) is 4.57. The molecule has 5 heteroatoms. The number of nitrogens with zero attached hydrogens (tertiary/aromatic N) is 2. The minimum atomic E-state index is 0.00657. The van der Waals surface area contributed by atoms with E-state index in [1.165, 1.54) is 12.0 Å². The molecule has 142 valence electrons. The number of hydrogen-bond acceptors (Lipinski definition) is 3. The van der Waals surface area contributed by atoms with Gasteiger partial charge in [-0.05, 0) is 69.2 Å². The Kier molecular flexibility index (Phi) is 6.17. The molecular weight excluding hydrogens is 328 g/mol. The second-order valence-corrected chi connectivity index (χ2v) is 7.58. The topological polar surface area (TPSA) is 49.9 Å². The lowest BCUT2D eigenvalue weighted by Crippen LogP contribution is -2.46. The van der Waals surface area contributed by atoms with Gasteiger partial charge in [-0.2, -0.15) is 0 Å². The predicted molar refractivity (Wildman–Crippen MR) is 101 cm³/mol. The van der Waals surface area contributed by atoms with Crippen molar-refractivity contribution in [3.8, 4) is 5.75 Å². The Bertz CT molecular complexity index is 645. The molecule has 0 atom stereocenters. The van der Waals surface area contributed by atoms with Crippen LogP contribution in [-0.2, 0) is 9.59 Å². The maximum Gasteiger partial charge on any atom is 0.260 e. The molecule has 0 aliphatic carbocycles. The van der Waals surface area contributed by atoms with E-state index in [9.17, 15) is 9.59 Å². The SMILES string of the molecule is Cc1ccc(OCC(=O)N2CCC(C(=O)N3CCCCC3)CC2)cc1C. The van der Waals surface area contributed by atoms with Crippen LogP contribution in [0.25, 0.3) is 0 Å². The average Bonchev–Trinajstić information content (AvgIpc) is 2.69. The second-order valence-electron chi connectivity index (χ2n) is 7.58. The minimum Gasteiger partial charge on any atom is -0.484 e. The Morgan fingerprint density at radius 1 is 0.962 bits per heavy atom. The first-order valence-corrected chi connectivity index (χ1v) is 9.81. The van der Waals surface area contributed by atoms with Crippen molar-refractivity contribution in [2.24, 2.45) is 5.92 Å². The van der Waals surface area contributed by atoms with Crippen LogP contribution in [0, 0.1) is 19.8 Å². The quantitative estimate of drug-likeness (QED) is 0.831. The molecule has 2 amide bonds. The summed E-state index contributed by atoms with van der Waals surface area (Å²) in [7, 11) is 0. The summed E-state index contributed by atoms with van der Waals surface area (Å²) in [5.74, 6) is 1.12. The highest BCUT2D eigenvalue weighted by molar-refractivity contribution is 5.80. The predicted octanol–water partition coefficient (Wildman–Crippen LogP) is 2.93. The Morgan fingerprint density at radius 2 is 1.65 bits per heavy atom. The molecule has 0 saturated carbocycles. The van der Waals surface area contributed by atoms with E-state index < -0.39 is 0 Å². The van der Waals surface area contributed by atoms with Gasteiger partial charge in [-0.3, -0.25) is 9.59 Å². The average molecular weight is 358 g/mol. The lowest BCUT2D eigenvalue weighted by Gasteiger charge is -2.35. The molecule has 0 aromatic heterocycles. The van der Waals surface area contributed by atoms with Gasteiger partial charge in [0, 0.05) is 32.1 Å². The molecule has 1 aromatic carbocycles. The summed E-state index contributed by atoms with van der Waals surface area (Å²) in [5, 5.41) is 0. The Morgan fingerprint density at radius 3 is 2.31 bits per heavy atom. The molecular formula is C21H30N2O3. The van der Waals surface area contributed by atoms with Crippen LogP contribution in [0.1, 0.15) is 43.2 Å². The molecule has 0 bridgehead atoms. The number of hydrogen-bond donors (Lipinski definition) is 0. The van der Waals surface area contributed by atoms with Crippen LogP contribution in [0.15, 0.2) is 18.2 Å². The number of aryl methyl sites for hydroxylation is 2. The molecule has 5 nitrogen and oxygen atoms in total. The Labute approximate surface area is 156 Å². The van der Waals surface area contributed by atoms with E-state index >= 15 is 0 Å². The number of carbonyl (C=O) groups is 2. The smallest absolute Gasteiger partial charge is 0.260 e. The molecule has 2 aliphatic rings. The molecule has 0 radical (unpaired) electrons. The zero-order valence-corrected chi connectivity index (χ0v) is 16.0. The maximum absolute atomic E-state index is 12.6. The minimum absolute atomic E-state index is 0.00657. The van der Waals surface area contributed by atoms with Crippen molar-refractivity contribution in [2.45, 2.75) is 46.0 Å². The maximum atomic E-state index is 12.6. The van der Waals surface area contributed by atoms with Gasteiger partial charge in [0.2, 0.25) is 5.91 Å². The van der Waals surface area contributed by atoms with Gasteiger partial charge in [-0.1, -0.05) is 6.07 Å². The number of benzene rings is 1. The first-order chi connectivity index (χ1) is 12.5. The molecule has 2 saturated heterocycles. The summed E-state index contributed by atoms with van der Waals surface area (Å²) in [6.07, 6.45) is 5.02. The molecule has 26 heavy (non-hydrogen) atoms. The number of likely N-dealkylation sites (tertiary alicyclic amines) is 2. The fourth-order valence-electron chi connectivity index (χ4n) is 3.79. The molecule has 2 aliphatic heterocycles. The number of rotatable bonds is 4. The summed E-state index contributed by atoms with van der Waals surface area (Å²) >= 11 is 0. The summed E-state index contributed by atoms with van der Waals surface area (Å²) in [5.41, 5.74) is 2.37. The van der Waals surface area contributed by atoms with Crippen molar-refractivity contribution >= 4 is 11.8 Å². The van der Waals surface area contributed by atoms with E-state index in [0.717, 1.165) is 50.1 Å². The fraction of sp³-hybridized carbons (Fsp3) is 0.619. The van der Waals surface area contributed by atoms with Crippen molar-refractivity contribution in [3.05, 3.63) is 29.3 Å². The van der Waals surface area contributed by atoms with Crippen LogP contribution in [0.3, 0.4) is 0 Å². The van der Waals surface area contributed by atoms with E-state index in [2.05, 4.69) is 6.92 Å². The van der Waals surface area contributed by atoms with Crippen LogP contribution in [-0.4, -0.2) is 54.4 Å². The highest BCUT2D eigenvalue weighted by Gasteiger charge is 2.30. The monoisotopic (exact) mass is 358 g/mol. The third-order valence-electron chi connectivity index (χ3n) is 5.71. The fourth-order valence-corrected chi connectivity index (χ4v) is 3.79.